The third-order valence-corrected chi connectivity index (χ3v) is 2.90. The first kappa shape index (κ1) is 13.1. The van der Waals surface area contributed by atoms with Crippen LogP contribution in [-0.2, 0) is 4.79 Å². The average Bonchev–Trinajstić information content (AvgIpc) is 2.38. The van der Waals surface area contributed by atoms with Crippen LogP contribution in [0.5, 0.6) is 5.75 Å². The lowest BCUT2D eigenvalue weighted by Gasteiger charge is -2.15. The zero-order chi connectivity index (χ0) is 14.0. The number of aliphatic carboxylic acids is 1. The van der Waals surface area contributed by atoms with Gasteiger partial charge in [-0.2, -0.15) is 0 Å². The number of ketones is 1. The number of carbonyl (C=O) groups excluding carboxylic acids is 1. The van der Waals surface area contributed by atoms with Gasteiger partial charge in [0.25, 0.3) is 0 Å². The molecule has 0 aliphatic rings. The average molecular weight is 258 g/mol. The number of rotatable bonds is 4. The van der Waals surface area contributed by atoms with E-state index in [1.807, 2.05) is 30.3 Å². The molecule has 98 valence electrons. The zero-order valence-corrected chi connectivity index (χ0v) is 10.7. The van der Waals surface area contributed by atoms with Crippen molar-refractivity contribution in [1.82, 2.24) is 0 Å². The van der Waals surface area contributed by atoms with Crippen LogP contribution in [0.2, 0.25) is 0 Å². The minimum Gasteiger partial charge on any atom is -0.479 e. The Bertz CT molecular complexity index is 646. The van der Waals surface area contributed by atoms with E-state index >= 15 is 0 Å². The summed E-state index contributed by atoms with van der Waals surface area (Å²) >= 11 is 0. The van der Waals surface area contributed by atoms with E-state index in [2.05, 4.69) is 0 Å². The number of carboxylic acid groups (broad SMARTS) is 1. The van der Waals surface area contributed by atoms with Crippen molar-refractivity contribution in [3.63, 3.8) is 0 Å². The van der Waals surface area contributed by atoms with Crippen molar-refractivity contribution in [3.8, 4) is 5.75 Å². The molecule has 2 aromatic rings. The summed E-state index contributed by atoms with van der Waals surface area (Å²) in [7, 11) is 0. The molecule has 2 aromatic carbocycles. The molecule has 4 heteroatoms. The van der Waals surface area contributed by atoms with E-state index < -0.39 is 12.1 Å². The highest BCUT2D eigenvalue weighted by atomic mass is 16.5. The fourth-order valence-electron chi connectivity index (χ4n) is 1.87. The van der Waals surface area contributed by atoms with Crippen LogP contribution in [0.15, 0.2) is 36.4 Å². The summed E-state index contributed by atoms with van der Waals surface area (Å²) in [6.45, 7) is 2.87. The van der Waals surface area contributed by atoms with Crippen molar-refractivity contribution in [2.75, 3.05) is 0 Å². The molecule has 0 bridgehead atoms. The molecule has 0 saturated heterocycles. The maximum Gasteiger partial charge on any atom is 0.344 e. The first-order chi connectivity index (χ1) is 9.00. The lowest BCUT2D eigenvalue weighted by molar-refractivity contribution is -0.144. The maximum atomic E-state index is 11.6. The molecule has 0 saturated carbocycles. The van der Waals surface area contributed by atoms with Gasteiger partial charge in [0, 0.05) is 5.39 Å². The van der Waals surface area contributed by atoms with Gasteiger partial charge in [-0.1, -0.05) is 30.3 Å². The van der Waals surface area contributed by atoms with E-state index in [1.165, 1.54) is 13.8 Å². The van der Waals surface area contributed by atoms with Crippen molar-refractivity contribution >= 4 is 22.5 Å². The van der Waals surface area contributed by atoms with E-state index in [0.717, 1.165) is 10.8 Å². The second-order valence-electron chi connectivity index (χ2n) is 4.32. The van der Waals surface area contributed by atoms with Crippen LogP contribution in [-0.4, -0.2) is 23.0 Å². The molecule has 0 spiro atoms. The summed E-state index contributed by atoms with van der Waals surface area (Å²) in [5.74, 6) is -0.888. The molecule has 0 aliphatic heterocycles. The predicted molar refractivity (Wildman–Crippen MR) is 71.7 cm³/mol. The van der Waals surface area contributed by atoms with Crippen molar-refractivity contribution in [1.29, 1.82) is 0 Å². The zero-order valence-electron chi connectivity index (χ0n) is 10.7. The summed E-state index contributed by atoms with van der Waals surface area (Å²) in [4.78, 5) is 22.5. The number of carbonyl (C=O) groups is 2. The Morgan fingerprint density at radius 2 is 1.84 bits per heavy atom. The van der Waals surface area contributed by atoms with Gasteiger partial charge in [-0.3, -0.25) is 4.79 Å². The summed E-state index contributed by atoms with van der Waals surface area (Å²) in [6.07, 6.45) is -1.01. The SMILES string of the molecule is CC(=O)c1ccc2ccccc2c1OC(C)C(=O)O. The molecule has 0 amide bonds. The number of hydrogen-bond donors (Lipinski definition) is 1. The van der Waals surface area contributed by atoms with Crippen molar-refractivity contribution in [3.05, 3.63) is 42.0 Å². The first-order valence-electron chi connectivity index (χ1n) is 5.93. The van der Waals surface area contributed by atoms with Crippen LogP contribution in [0.1, 0.15) is 24.2 Å². The molecule has 0 aliphatic carbocycles. The molecular formula is C15H14O4. The van der Waals surface area contributed by atoms with Crippen LogP contribution >= 0.6 is 0 Å². The largest absolute Gasteiger partial charge is 0.479 e. The van der Waals surface area contributed by atoms with Gasteiger partial charge in [-0.05, 0) is 25.3 Å². The Balaban J connectivity index is 2.62. The molecule has 0 fully saturated rings. The Hall–Kier alpha value is -2.36. The van der Waals surface area contributed by atoms with Gasteiger partial charge in [-0.15, -0.1) is 0 Å². The van der Waals surface area contributed by atoms with Gasteiger partial charge in [-0.25, -0.2) is 4.79 Å². The summed E-state index contributed by atoms with van der Waals surface area (Å²) in [5, 5.41) is 10.6. The van der Waals surface area contributed by atoms with Crippen LogP contribution < -0.4 is 4.74 Å². The number of benzene rings is 2. The number of Topliss-reactive ketones (excluding diaryl/α,β-unsaturated/α-hetero) is 1. The van der Waals surface area contributed by atoms with Crippen LogP contribution in [0.25, 0.3) is 10.8 Å². The Kier molecular flexibility index (Phi) is 3.51. The summed E-state index contributed by atoms with van der Waals surface area (Å²) in [5.41, 5.74) is 0.395. The molecule has 1 unspecified atom stereocenters. The Morgan fingerprint density at radius 3 is 2.47 bits per heavy atom. The molecule has 0 heterocycles. The Labute approximate surface area is 110 Å². The fraction of sp³-hybridized carbons (Fsp3) is 0.200. The number of ether oxygens (including phenoxy) is 1. The normalized spacial score (nSPS) is 12.1. The highest BCUT2D eigenvalue weighted by molar-refractivity contribution is 6.03. The molecule has 1 N–H and O–H groups in total. The standard InChI is InChI=1S/C15H14O4/c1-9(16)12-8-7-11-5-3-4-6-13(11)14(12)19-10(2)15(17)18/h3-8,10H,1-2H3,(H,17,18). The van der Waals surface area contributed by atoms with Crippen molar-refractivity contribution in [2.45, 2.75) is 20.0 Å². The van der Waals surface area contributed by atoms with Crippen LogP contribution in [0.4, 0.5) is 0 Å². The van der Waals surface area contributed by atoms with Gasteiger partial charge in [0.05, 0.1) is 5.56 Å². The summed E-state index contributed by atoms with van der Waals surface area (Å²) in [6, 6.07) is 10.9. The predicted octanol–water partition coefficient (Wildman–Crippen LogP) is 2.89. The molecule has 0 radical (unpaired) electrons. The third kappa shape index (κ3) is 2.57. The maximum absolute atomic E-state index is 11.6. The molecule has 2 rings (SSSR count). The van der Waals surface area contributed by atoms with E-state index in [4.69, 9.17) is 9.84 Å². The van der Waals surface area contributed by atoms with E-state index in [1.54, 1.807) is 6.07 Å². The van der Waals surface area contributed by atoms with Crippen molar-refractivity contribution in [2.24, 2.45) is 0 Å². The Morgan fingerprint density at radius 1 is 1.16 bits per heavy atom. The third-order valence-electron chi connectivity index (χ3n) is 2.90. The monoisotopic (exact) mass is 258 g/mol. The molecule has 4 nitrogen and oxygen atoms in total. The van der Waals surface area contributed by atoms with Crippen molar-refractivity contribution < 1.29 is 19.4 Å². The van der Waals surface area contributed by atoms with Gasteiger partial charge < -0.3 is 9.84 Å². The molecule has 19 heavy (non-hydrogen) atoms. The van der Waals surface area contributed by atoms with Gasteiger partial charge >= 0.3 is 5.97 Å². The first-order valence-corrected chi connectivity index (χ1v) is 5.93. The quantitative estimate of drug-likeness (QED) is 0.856. The lowest BCUT2D eigenvalue weighted by atomic mass is 10.0. The second kappa shape index (κ2) is 5.10. The lowest BCUT2D eigenvalue weighted by Crippen LogP contribution is -2.23. The van der Waals surface area contributed by atoms with Gasteiger partial charge in [0.1, 0.15) is 5.75 Å². The molecular weight excluding hydrogens is 244 g/mol. The van der Waals surface area contributed by atoms with Crippen LogP contribution in [0, 0.1) is 0 Å². The van der Waals surface area contributed by atoms with E-state index in [9.17, 15) is 9.59 Å². The number of hydrogen-bond acceptors (Lipinski definition) is 3. The second-order valence-corrected chi connectivity index (χ2v) is 4.32. The molecule has 1 atom stereocenters. The van der Waals surface area contributed by atoms with E-state index in [-0.39, 0.29) is 5.78 Å². The highest BCUT2D eigenvalue weighted by Crippen LogP contribution is 2.31. The minimum absolute atomic E-state index is 0.154. The highest BCUT2D eigenvalue weighted by Gasteiger charge is 2.18. The molecule has 0 aromatic heterocycles. The fourth-order valence-corrected chi connectivity index (χ4v) is 1.87. The minimum atomic E-state index is -1.07. The topological polar surface area (TPSA) is 63.6 Å². The van der Waals surface area contributed by atoms with E-state index in [0.29, 0.717) is 11.3 Å². The van der Waals surface area contributed by atoms with Gasteiger partial charge in [0.2, 0.25) is 0 Å². The smallest absolute Gasteiger partial charge is 0.344 e. The number of fused-ring (bicyclic) bond motifs is 1. The van der Waals surface area contributed by atoms with Crippen LogP contribution in [0.3, 0.4) is 0 Å². The number of carboxylic acids is 1. The summed E-state index contributed by atoms with van der Waals surface area (Å²) < 4.78 is 5.46. The van der Waals surface area contributed by atoms with Gasteiger partial charge in [0.15, 0.2) is 11.9 Å².